The average molecular weight is 509 g/mol. The van der Waals surface area contributed by atoms with E-state index in [1.807, 2.05) is 17.0 Å². The molecule has 0 aromatic carbocycles. The molecule has 0 unspecified atom stereocenters. The highest BCUT2D eigenvalue weighted by molar-refractivity contribution is 5.67. The molecule has 5 rings (SSSR count). The third kappa shape index (κ3) is 6.54. The summed E-state index contributed by atoms with van der Waals surface area (Å²) in [5.74, 6) is 0.199. The quantitative estimate of drug-likeness (QED) is 0.530. The number of morpholine rings is 1. The molecule has 0 spiro atoms. The minimum Gasteiger partial charge on any atom is -0.380 e. The van der Waals surface area contributed by atoms with Gasteiger partial charge in [-0.15, -0.1) is 0 Å². The van der Waals surface area contributed by atoms with Crippen molar-refractivity contribution in [1.29, 1.82) is 5.26 Å². The monoisotopic (exact) mass is 508 g/mol. The predicted octanol–water partition coefficient (Wildman–Crippen LogP) is 3.63. The van der Waals surface area contributed by atoms with Gasteiger partial charge in [0.1, 0.15) is 17.6 Å². The molecule has 0 radical (unpaired) electrons. The Hall–Kier alpha value is -3.72. The first-order chi connectivity index (χ1) is 17.7. The van der Waals surface area contributed by atoms with E-state index < -0.39 is 5.82 Å². The van der Waals surface area contributed by atoms with Crippen LogP contribution in [-0.2, 0) is 16.0 Å². The second kappa shape index (κ2) is 12.5. The lowest BCUT2D eigenvalue weighted by Gasteiger charge is -2.26. The highest BCUT2D eigenvalue weighted by atomic mass is 19.1. The lowest BCUT2D eigenvalue weighted by Crippen LogP contribution is -2.35. The van der Waals surface area contributed by atoms with Crippen molar-refractivity contribution in [2.24, 2.45) is 0 Å². The maximum Gasteiger partial charge on any atom is 0.227 e. The van der Waals surface area contributed by atoms with Gasteiger partial charge in [0.05, 0.1) is 49.2 Å². The summed E-state index contributed by atoms with van der Waals surface area (Å²) in [7, 11) is 0. The lowest BCUT2D eigenvalue weighted by molar-refractivity contribution is 0.0336. The van der Waals surface area contributed by atoms with E-state index in [0.29, 0.717) is 42.4 Å². The van der Waals surface area contributed by atoms with Crippen LogP contribution in [0.5, 0.6) is 0 Å². The SMILES string of the molecule is C.N#Cc1cc(-c2nc(Nc3ccc(CN4CCOCC4)nc3)ncc2F)cnc1N1CCCOCC1.[HH]. The Morgan fingerprint density at radius 1 is 1.00 bits per heavy atom. The zero-order valence-corrected chi connectivity index (χ0v) is 19.9. The van der Waals surface area contributed by atoms with Crippen LogP contribution in [0.4, 0.5) is 21.8 Å². The number of anilines is 3. The number of hydrogen-bond acceptors (Lipinski definition) is 10. The first-order valence-electron chi connectivity index (χ1n) is 12.0. The fraction of sp³-hybridized carbons (Fsp3) is 0.423. The van der Waals surface area contributed by atoms with Gasteiger partial charge in [0.2, 0.25) is 5.95 Å². The summed E-state index contributed by atoms with van der Waals surface area (Å²) in [5, 5.41) is 12.8. The number of halogens is 1. The molecule has 1 N–H and O–H groups in total. The second-order valence-corrected chi connectivity index (χ2v) is 8.60. The Kier molecular flexibility index (Phi) is 8.90. The summed E-state index contributed by atoms with van der Waals surface area (Å²) in [6.45, 7) is 6.68. The topological polar surface area (TPSA) is 112 Å². The van der Waals surface area contributed by atoms with Gasteiger partial charge < -0.3 is 19.7 Å². The number of hydrogen-bond donors (Lipinski definition) is 1. The largest absolute Gasteiger partial charge is 0.380 e. The molecule has 2 fully saturated rings. The first-order valence-corrected chi connectivity index (χ1v) is 12.0. The molecule has 0 bridgehead atoms. The fourth-order valence-corrected chi connectivity index (χ4v) is 4.22. The zero-order valence-electron chi connectivity index (χ0n) is 19.9. The van der Waals surface area contributed by atoms with Gasteiger partial charge in [-0.3, -0.25) is 9.88 Å². The molecule has 2 aliphatic heterocycles. The zero-order chi connectivity index (χ0) is 24.7. The molecule has 196 valence electrons. The molecule has 0 saturated carbocycles. The normalized spacial score (nSPS) is 16.4. The summed E-state index contributed by atoms with van der Waals surface area (Å²) in [6, 6.07) is 7.64. The molecular weight excluding hydrogens is 475 g/mol. The Labute approximate surface area is 217 Å². The smallest absolute Gasteiger partial charge is 0.227 e. The van der Waals surface area contributed by atoms with Crippen LogP contribution in [0.1, 0.15) is 26.5 Å². The van der Waals surface area contributed by atoms with E-state index in [4.69, 9.17) is 9.47 Å². The van der Waals surface area contributed by atoms with Crippen molar-refractivity contribution in [2.45, 2.75) is 20.4 Å². The molecular formula is C26H33FN8O2. The van der Waals surface area contributed by atoms with Gasteiger partial charge in [0.15, 0.2) is 5.82 Å². The van der Waals surface area contributed by atoms with Gasteiger partial charge in [0.25, 0.3) is 0 Å². The van der Waals surface area contributed by atoms with Crippen LogP contribution in [0.3, 0.4) is 0 Å². The Morgan fingerprint density at radius 2 is 1.81 bits per heavy atom. The number of pyridine rings is 2. The molecule has 5 heterocycles. The molecule has 2 saturated heterocycles. The van der Waals surface area contributed by atoms with Crippen LogP contribution >= 0.6 is 0 Å². The standard InChI is InChI=1S/C25H27FN8O2.CH4.H2/c26-22-16-30-25(31-20-2-3-21(28-15-20)17-33-5-9-36-10-6-33)32-23(22)19-12-18(13-27)24(29-14-19)34-4-1-8-35-11-7-34;;/h2-3,12,14-16H,1,4-11,17H2,(H,30,31,32);1H4;1H. The minimum atomic E-state index is -0.596. The van der Waals surface area contributed by atoms with E-state index in [9.17, 15) is 9.65 Å². The van der Waals surface area contributed by atoms with Crippen molar-refractivity contribution in [3.8, 4) is 17.3 Å². The van der Waals surface area contributed by atoms with Crippen molar-refractivity contribution < 1.29 is 15.3 Å². The number of nitrogens with one attached hydrogen (secondary N) is 1. The molecule has 37 heavy (non-hydrogen) atoms. The van der Waals surface area contributed by atoms with Crippen molar-refractivity contribution in [1.82, 2.24) is 24.8 Å². The third-order valence-electron chi connectivity index (χ3n) is 6.10. The number of ether oxygens (including phenoxy) is 2. The summed E-state index contributed by atoms with van der Waals surface area (Å²) < 4.78 is 25.6. The average Bonchev–Trinajstić information content (AvgIpc) is 3.21. The number of nitrogens with zero attached hydrogens (tertiary/aromatic N) is 7. The highest BCUT2D eigenvalue weighted by Crippen LogP contribution is 2.27. The van der Waals surface area contributed by atoms with Gasteiger partial charge in [-0.25, -0.2) is 19.3 Å². The Balaban J connectivity index is 0.00000200. The summed E-state index contributed by atoms with van der Waals surface area (Å²) >= 11 is 0. The van der Waals surface area contributed by atoms with Crippen LogP contribution in [0.2, 0.25) is 0 Å². The summed E-state index contributed by atoms with van der Waals surface area (Å²) in [6.07, 6.45) is 5.21. The lowest BCUT2D eigenvalue weighted by atomic mass is 10.1. The van der Waals surface area contributed by atoms with Gasteiger partial charge in [-0.1, -0.05) is 7.43 Å². The number of nitriles is 1. The van der Waals surface area contributed by atoms with Crippen LogP contribution in [0, 0.1) is 17.1 Å². The van der Waals surface area contributed by atoms with Gasteiger partial charge in [0, 0.05) is 52.5 Å². The minimum absolute atomic E-state index is 0. The molecule has 11 heteroatoms. The van der Waals surface area contributed by atoms with Gasteiger partial charge in [-0.2, -0.15) is 5.26 Å². The fourth-order valence-electron chi connectivity index (χ4n) is 4.22. The maximum atomic E-state index is 14.7. The molecule has 0 atom stereocenters. The summed E-state index contributed by atoms with van der Waals surface area (Å²) in [4.78, 5) is 21.7. The van der Waals surface area contributed by atoms with Crippen molar-refractivity contribution in [3.63, 3.8) is 0 Å². The van der Waals surface area contributed by atoms with Crippen molar-refractivity contribution >= 4 is 17.5 Å². The Morgan fingerprint density at radius 3 is 2.59 bits per heavy atom. The Bertz CT molecular complexity index is 1230. The van der Waals surface area contributed by atoms with Crippen molar-refractivity contribution in [2.75, 3.05) is 62.8 Å². The summed E-state index contributed by atoms with van der Waals surface area (Å²) in [5.41, 5.74) is 2.48. The first kappa shape index (κ1) is 26.3. The second-order valence-electron chi connectivity index (χ2n) is 8.60. The van der Waals surface area contributed by atoms with E-state index >= 15 is 0 Å². The molecule has 2 aliphatic rings. The maximum absolute atomic E-state index is 14.7. The molecule has 10 nitrogen and oxygen atoms in total. The molecule has 0 amide bonds. The molecule has 3 aromatic heterocycles. The number of rotatable bonds is 6. The molecule has 0 aliphatic carbocycles. The molecule has 3 aromatic rings. The van der Waals surface area contributed by atoms with E-state index in [1.54, 1.807) is 18.5 Å². The third-order valence-corrected chi connectivity index (χ3v) is 6.10. The van der Waals surface area contributed by atoms with Crippen LogP contribution in [-0.4, -0.2) is 77.4 Å². The number of aromatic nitrogens is 4. The van der Waals surface area contributed by atoms with Crippen LogP contribution in [0.15, 0.2) is 36.8 Å². The van der Waals surface area contributed by atoms with E-state index in [2.05, 4.69) is 36.2 Å². The predicted molar refractivity (Wildman–Crippen MR) is 140 cm³/mol. The van der Waals surface area contributed by atoms with E-state index in [0.717, 1.165) is 57.7 Å². The highest BCUT2D eigenvalue weighted by Gasteiger charge is 2.18. The van der Waals surface area contributed by atoms with Gasteiger partial charge in [-0.05, 0) is 24.6 Å². The van der Waals surface area contributed by atoms with Crippen molar-refractivity contribution in [3.05, 3.63) is 53.9 Å². The van der Waals surface area contributed by atoms with Gasteiger partial charge >= 0.3 is 0 Å². The van der Waals surface area contributed by atoms with Crippen LogP contribution < -0.4 is 10.2 Å². The van der Waals surface area contributed by atoms with E-state index in [-0.39, 0.29) is 20.5 Å². The van der Waals surface area contributed by atoms with E-state index in [1.165, 1.54) is 0 Å². The van der Waals surface area contributed by atoms with Crippen LogP contribution in [0.25, 0.3) is 11.3 Å².